The molecule has 7 heteroatoms. The van der Waals surface area contributed by atoms with Crippen LogP contribution in [0.25, 0.3) is 44.3 Å². The lowest BCUT2D eigenvalue weighted by Crippen LogP contribution is -2.60. The predicted octanol–water partition coefficient (Wildman–Crippen LogP) is 15.9. The summed E-state index contributed by atoms with van der Waals surface area (Å²) in [5.74, 6) is 0.310. The molecule has 0 spiro atoms. The number of carbonyl (C=O) groups is 1. The number of carbonyl (C=O) groups excluding carboxylic acids is 1. The van der Waals surface area contributed by atoms with Gasteiger partial charge < -0.3 is 0 Å². The summed E-state index contributed by atoms with van der Waals surface area (Å²) in [4.78, 5) is 38.9. The van der Waals surface area contributed by atoms with E-state index in [1.807, 2.05) is 0 Å². The molecule has 12 rings (SSSR count). The predicted molar refractivity (Wildman–Crippen MR) is 338 cm³/mol. The number of hydrogen-bond donors (Lipinski definition) is 0. The number of pyridine rings is 2. The molecular weight excluding hydrogens is 1000 g/mol. The van der Waals surface area contributed by atoms with E-state index in [4.69, 9.17) is 9.97 Å². The van der Waals surface area contributed by atoms with Gasteiger partial charge in [0.2, 0.25) is 0 Å². The lowest BCUT2D eigenvalue weighted by molar-refractivity contribution is -0.132. The molecule has 0 saturated carbocycles. The number of aromatic nitrogens is 2. The molecule has 4 atom stereocenters. The molecule has 2 aliphatic rings. The van der Waals surface area contributed by atoms with Gasteiger partial charge in [0, 0.05) is 59.2 Å². The molecule has 0 N–H and O–H groups in total. The standard InChI is InChI=1S/C75H76N6O/c1-55-39-41-67-63(47-55)49-65(71(76-67)59-31-15-5-16-32-59)73(61-35-19-7-20-36-61)80(51-57-27-11-3-12-28-57)53-69(78-43-23-9-24-44-78)75(82)70(79-45-25-10-26-46-79)54-81(52-58-29-13-4-14-30-58)74(62-37-21-8-22-38-62)66-50-64-48-56(2)40-42-68(64)77-72(66)60-33-17-6-18-34-60/h3-8,11-22,27-42,47-50,69-70,73-74H,9-10,23-26,43-46,51-54H2,1-2H3. The van der Waals surface area contributed by atoms with E-state index in [9.17, 15) is 0 Å². The number of fused-ring (bicyclic) bond motifs is 2. The third-order valence-electron chi connectivity index (χ3n) is 17.2. The van der Waals surface area contributed by atoms with E-state index in [0.717, 1.165) is 107 Å². The molecule has 10 aromatic rings. The number of rotatable bonds is 20. The van der Waals surface area contributed by atoms with Gasteiger partial charge in [0.05, 0.1) is 46.6 Å². The Morgan fingerprint density at radius 3 is 1.12 bits per heavy atom. The van der Waals surface area contributed by atoms with Crippen LogP contribution in [0.4, 0.5) is 0 Å². The topological polar surface area (TPSA) is 55.8 Å². The lowest BCUT2D eigenvalue weighted by atomic mass is 9.89. The van der Waals surface area contributed by atoms with E-state index in [1.165, 1.54) is 46.2 Å². The minimum Gasteiger partial charge on any atom is -0.296 e. The average molecular weight is 1080 g/mol. The van der Waals surface area contributed by atoms with Gasteiger partial charge in [-0.15, -0.1) is 0 Å². The third kappa shape index (κ3) is 12.6. The Morgan fingerprint density at radius 2 is 0.756 bits per heavy atom. The van der Waals surface area contributed by atoms with Gasteiger partial charge in [0.25, 0.3) is 0 Å². The molecule has 2 fully saturated rings. The summed E-state index contributed by atoms with van der Waals surface area (Å²) in [7, 11) is 0. The van der Waals surface area contributed by atoms with Crippen molar-refractivity contribution in [2.75, 3.05) is 39.3 Å². The Hall–Kier alpha value is -7.91. The SMILES string of the molecule is Cc1ccc2nc(-c3ccccc3)c(C(c3ccccc3)N(Cc3ccccc3)CC(C(=O)C(CN(Cc3ccccc3)C(c3ccccc3)c3cc4cc(C)ccc4nc3-c3ccccc3)N3CCCCC3)N3CCCCC3)cc2c1. The number of piperidine rings is 2. The average Bonchev–Trinajstić information content (AvgIpc) is 3.54. The maximum atomic E-state index is 17.2. The van der Waals surface area contributed by atoms with Crippen molar-refractivity contribution in [1.82, 2.24) is 29.6 Å². The summed E-state index contributed by atoms with van der Waals surface area (Å²) < 4.78 is 0. The Kier molecular flexibility index (Phi) is 17.3. The molecule has 2 aromatic heterocycles. The van der Waals surface area contributed by atoms with E-state index in [1.54, 1.807) is 0 Å². The number of ketones is 1. The summed E-state index contributed by atoms with van der Waals surface area (Å²) in [5.41, 5.74) is 15.5. The summed E-state index contributed by atoms with van der Waals surface area (Å²) in [6.45, 7) is 10.2. The van der Waals surface area contributed by atoms with Crippen molar-refractivity contribution in [3.63, 3.8) is 0 Å². The van der Waals surface area contributed by atoms with Gasteiger partial charge in [-0.3, -0.25) is 24.4 Å². The number of likely N-dealkylation sites (tertiary alicyclic amines) is 2. The number of hydrogen-bond acceptors (Lipinski definition) is 7. The minimum atomic E-state index is -0.406. The summed E-state index contributed by atoms with van der Waals surface area (Å²) in [6, 6.07) is 82.0. The summed E-state index contributed by atoms with van der Waals surface area (Å²) >= 11 is 0. The molecule has 0 radical (unpaired) electrons. The zero-order chi connectivity index (χ0) is 55.6. The number of benzene rings is 8. The highest BCUT2D eigenvalue weighted by Gasteiger charge is 2.41. The normalized spacial score (nSPS) is 15.9. The summed E-state index contributed by atoms with van der Waals surface area (Å²) in [6.07, 6.45) is 6.61. The fourth-order valence-electron chi connectivity index (χ4n) is 13.2. The van der Waals surface area contributed by atoms with E-state index >= 15 is 4.79 Å². The van der Waals surface area contributed by atoms with Gasteiger partial charge >= 0.3 is 0 Å². The molecule has 8 aromatic carbocycles. The van der Waals surface area contributed by atoms with Crippen molar-refractivity contribution < 1.29 is 4.79 Å². The highest BCUT2D eigenvalue weighted by molar-refractivity contribution is 5.90. The molecule has 7 nitrogen and oxygen atoms in total. The maximum absolute atomic E-state index is 17.2. The minimum absolute atomic E-state index is 0.250. The van der Waals surface area contributed by atoms with Crippen molar-refractivity contribution >= 4 is 27.6 Å². The fourth-order valence-corrected chi connectivity index (χ4v) is 13.2. The van der Waals surface area contributed by atoms with Crippen molar-refractivity contribution in [1.29, 1.82) is 0 Å². The smallest absolute Gasteiger partial charge is 0.169 e. The van der Waals surface area contributed by atoms with Gasteiger partial charge in [-0.25, -0.2) is 9.97 Å². The first-order chi connectivity index (χ1) is 40.4. The first-order valence-electron chi connectivity index (χ1n) is 30.0. The molecule has 2 aliphatic heterocycles. The highest BCUT2D eigenvalue weighted by atomic mass is 16.1. The van der Waals surface area contributed by atoms with Crippen molar-refractivity contribution in [3.05, 3.63) is 275 Å². The Balaban J connectivity index is 1.04. The van der Waals surface area contributed by atoms with E-state index < -0.39 is 12.1 Å². The molecule has 0 bridgehead atoms. The zero-order valence-electron chi connectivity index (χ0n) is 47.7. The van der Waals surface area contributed by atoms with Crippen LogP contribution in [0.5, 0.6) is 0 Å². The van der Waals surface area contributed by atoms with Crippen LogP contribution < -0.4 is 0 Å². The second kappa shape index (κ2) is 25.9. The summed E-state index contributed by atoms with van der Waals surface area (Å²) in [5, 5.41) is 2.23. The van der Waals surface area contributed by atoms with Crippen molar-refractivity contribution in [2.24, 2.45) is 0 Å². The number of Topliss-reactive ketones (excluding diaryl/α,β-unsaturated/α-hetero) is 1. The van der Waals surface area contributed by atoms with Crippen molar-refractivity contribution in [3.8, 4) is 22.5 Å². The van der Waals surface area contributed by atoms with Crippen LogP contribution in [-0.4, -0.2) is 86.7 Å². The molecule has 82 heavy (non-hydrogen) atoms. The Bertz CT molecular complexity index is 3440. The largest absolute Gasteiger partial charge is 0.296 e. The first kappa shape index (κ1) is 54.7. The van der Waals surface area contributed by atoms with Crippen LogP contribution >= 0.6 is 0 Å². The maximum Gasteiger partial charge on any atom is 0.169 e. The van der Waals surface area contributed by atoms with Gasteiger partial charge in [0.15, 0.2) is 5.78 Å². The molecule has 0 aliphatic carbocycles. The van der Waals surface area contributed by atoms with E-state index in [2.05, 4.69) is 264 Å². The molecule has 4 heterocycles. The van der Waals surface area contributed by atoms with E-state index in [-0.39, 0.29) is 12.1 Å². The van der Waals surface area contributed by atoms with Crippen LogP contribution in [0.3, 0.4) is 0 Å². The van der Waals surface area contributed by atoms with Gasteiger partial charge in [0.1, 0.15) is 0 Å². The molecule has 412 valence electrons. The monoisotopic (exact) mass is 1080 g/mol. The number of aryl methyl sites for hydroxylation is 2. The van der Waals surface area contributed by atoms with E-state index in [0.29, 0.717) is 32.0 Å². The molecule has 4 unspecified atom stereocenters. The first-order valence-corrected chi connectivity index (χ1v) is 30.0. The van der Waals surface area contributed by atoms with Crippen LogP contribution in [0.1, 0.15) is 95.1 Å². The zero-order valence-corrected chi connectivity index (χ0v) is 47.7. The van der Waals surface area contributed by atoms with Gasteiger partial charge in [-0.1, -0.05) is 218 Å². The number of nitrogens with zero attached hydrogens (tertiary/aromatic N) is 6. The van der Waals surface area contributed by atoms with Gasteiger partial charge in [-0.05, 0) is 124 Å². The fraction of sp³-hybridized carbons (Fsp3) is 0.267. The Morgan fingerprint density at radius 1 is 0.415 bits per heavy atom. The highest BCUT2D eigenvalue weighted by Crippen LogP contribution is 2.41. The molecule has 2 saturated heterocycles. The molecular formula is C75H76N6O. The third-order valence-corrected chi connectivity index (χ3v) is 17.2. The lowest BCUT2D eigenvalue weighted by Gasteiger charge is -2.45. The quantitative estimate of drug-likeness (QED) is 0.0754. The second-order valence-electron chi connectivity index (χ2n) is 23.1. The van der Waals surface area contributed by atoms with Crippen LogP contribution in [0, 0.1) is 13.8 Å². The molecule has 0 amide bonds. The Labute approximate surface area is 485 Å². The van der Waals surface area contributed by atoms with Crippen LogP contribution in [0.2, 0.25) is 0 Å². The second-order valence-corrected chi connectivity index (χ2v) is 23.1. The van der Waals surface area contributed by atoms with Crippen LogP contribution in [-0.2, 0) is 17.9 Å². The van der Waals surface area contributed by atoms with Gasteiger partial charge in [-0.2, -0.15) is 0 Å². The van der Waals surface area contributed by atoms with Crippen molar-refractivity contribution in [2.45, 2.75) is 89.6 Å². The van der Waals surface area contributed by atoms with Crippen LogP contribution in [0.15, 0.2) is 231 Å².